The molecule has 1 fully saturated rings. The van der Waals surface area contributed by atoms with Gasteiger partial charge in [0, 0.05) is 38.8 Å². The Morgan fingerprint density at radius 1 is 1.38 bits per heavy atom. The summed E-state index contributed by atoms with van der Waals surface area (Å²) in [6.07, 6.45) is 0.956. The number of carbonyl (C=O) groups excluding carboxylic acids is 1. The van der Waals surface area contributed by atoms with Crippen LogP contribution < -0.4 is 4.74 Å². The predicted octanol–water partition coefficient (Wildman–Crippen LogP) is 2.79. The number of hydrogen-bond acceptors (Lipinski definition) is 6. The quantitative estimate of drug-likeness (QED) is 0.831. The van der Waals surface area contributed by atoms with Crippen LogP contribution in [0.4, 0.5) is 0 Å². The molecule has 0 bridgehead atoms. The normalized spacial score (nSPS) is 16.2. The Labute approximate surface area is 146 Å². The molecule has 1 saturated heterocycles. The van der Waals surface area contributed by atoms with Gasteiger partial charge in [-0.2, -0.15) is 0 Å². The zero-order chi connectivity index (χ0) is 16.9. The van der Waals surface area contributed by atoms with Crippen molar-refractivity contribution in [2.75, 3.05) is 32.8 Å². The molecule has 2 aromatic heterocycles. The van der Waals surface area contributed by atoms with Crippen LogP contribution >= 0.6 is 11.3 Å². The second-order valence-electron chi connectivity index (χ2n) is 5.90. The van der Waals surface area contributed by atoms with Crippen molar-refractivity contribution in [2.24, 2.45) is 0 Å². The molecule has 3 heterocycles. The SMILES string of the molecule is CCOc1ccsc1C(=O)N1CCCN(Cc2cc(C)on2)CC1. The molecule has 3 rings (SSSR count). The third-order valence-electron chi connectivity index (χ3n) is 4.06. The lowest BCUT2D eigenvalue weighted by atomic mass is 10.3. The van der Waals surface area contributed by atoms with E-state index in [2.05, 4.69) is 10.1 Å². The third-order valence-corrected chi connectivity index (χ3v) is 4.94. The fourth-order valence-electron chi connectivity index (χ4n) is 2.92. The summed E-state index contributed by atoms with van der Waals surface area (Å²) in [5, 5.41) is 5.97. The van der Waals surface area contributed by atoms with Crippen molar-refractivity contribution in [3.05, 3.63) is 33.8 Å². The van der Waals surface area contributed by atoms with Gasteiger partial charge in [0.05, 0.1) is 12.3 Å². The van der Waals surface area contributed by atoms with Crippen molar-refractivity contribution in [1.82, 2.24) is 15.0 Å². The number of hydrogen-bond donors (Lipinski definition) is 0. The average molecular weight is 349 g/mol. The molecule has 0 spiro atoms. The largest absolute Gasteiger partial charge is 0.492 e. The number of ether oxygens (including phenoxy) is 1. The molecule has 1 aliphatic rings. The Bertz CT molecular complexity index is 682. The van der Waals surface area contributed by atoms with Crippen LogP contribution in [-0.2, 0) is 6.54 Å². The Morgan fingerprint density at radius 2 is 2.25 bits per heavy atom. The molecule has 1 aliphatic heterocycles. The van der Waals surface area contributed by atoms with Crippen LogP contribution in [0.3, 0.4) is 0 Å². The van der Waals surface area contributed by atoms with Crippen LogP contribution in [-0.4, -0.2) is 53.6 Å². The molecule has 0 unspecified atom stereocenters. The molecule has 0 radical (unpaired) electrons. The van der Waals surface area contributed by atoms with Crippen molar-refractivity contribution in [3.8, 4) is 5.75 Å². The average Bonchev–Trinajstić information content (AvgIpc) is 3.12. The van der Waals surface area contributed by atoms with E-state index >= 15 is 0 Å². The molecular formula is C17H23N3O3S. The molecule has 0 atom stereocenters. The van der Waals surface area contributed by atoms with Gasteiger partial charge in [-0.05, 0) is 31.7 Å². The second-order valence-corrected chi connectivity index (χ2v) is 6.81. The zero-order valence-electron chi connectivity index (χ0n) is 14.2. The number of rotatable bonds is 5. The summed E-state index contributed by atoms with van der Waals surface area (Å²) in [6, 6.07) is 3.84. The van der Waals surface area contributed by atoms with Gasteiger partial charge in [0.15, 0.2) is 0 Å². The minimum Gasteiger partial charge on any atom is -0.492 e. The van der Waals surface area contributed by atoms with E-state index in [4.69, 9.17) is 9.26 Å². The lowest BCUT2D eigenvalue weighted by molar-refractivity contribution is 0.0762. The molecular weight excluding hydrogens is 326 g/mol. The van der Waals surface area contributed by atoms with Gasteiger partial charge in [-0.3, -0.25) is 9.69 Å². The summed E-state index contributed by atoms with van der Waals surface area (Å²) in [4.78, 5) is 17.7. The Morgan fingerprint density at radius 3 is 3.00 bits per heavy atom. The van der Waals surface area contributed by atoms with Crippen molar-refractivity contribution in [3.63, 3.8) is 0 Å². The first kappa shape index (κ1) is 17.0. The van der Waals surface area contributed by atoms with Gasteiger partial charge in [-0.25, -0.2) is 0 Å². The predicted molar refractivity (Wildman–Crippen MR) is 92.5 cm³/mol. The first-order chi connectivity index (χ1) is 11.7. The van der Waals surface area contributed by atoms with Crippen LogP contribution in [0, 0.1) is 6.92 Å². The maximum absolute atomic E-state index is 12.8. The van der Waals surface area contributed by atoms with E-state index < -0.39 is 0 Å². The molecule has 24 heavy (non-hydrogen) atoms. The van der Waals surface area contributed by atoms with Gasteiger partial charge in [0.25, 0.3) is 5.91 Å². The van der Waals surface area contributed by atoms with Crippen molar-refractivity contribution >= 4 is 17.2 Å². The highest BCUT2D eigenvalue weighted by Gasteiger charge is 2.24. The van der Waals surface area contributed by atoms with Crippen molar-refractivity contribution in [2.45, 2.75) is 26.8 Å². The third kappa shape index (κ3) is 3.96. The summed E-state index contributed by atoms with van der Waals surface area (Å²) in [6.45, 7) is 8.46. The van der Waals surface area contributed by atoms with E-state index in [1.54, 1.807) is 0 Å². The maximum Gasteiger partial charge on any atom is 0.267 e. The number of nitrogens with zero attached hydrogens (tertiary/aromatic N) is 3. The number of aromatic nitrogens is 1. The smallest absolute Gasteiger partial charge is 0.267 e. The van der Waals surface area contributed by atoms with E-state index in [0.717, 1.165) is 50.6 Å². The van der Waals surface area contributed by atoms with Crippen LogP contribution in [0.1, 0.15) is 34.5 Å². The lowest BCUT2D eigenvalue weighted by Gasteiger charge is -2.21. The van der Waals surface area contributed by atoms with Crippen molar-refractivity contribution in [1.29, 1.82) is 0 Å². The van der Waals surface area contributed by atoms with Crippen LogP contribution in [0.25, 0.3) is 0 Å². The van der Waals surface area contributed by atoms with E-state index in [0.29, 0.717) is 17.2 Å². The van der Waals surface area contributed by atoms with Crippen LogP contribution in [0.15, 0.2) is 22.0 Å². The number of aryl methyl sites for hydroxylation is 1. The standard InChI is InChI=1S/C17H23N3O3S/c1-3-22-15-5-10-24-16(15)17(21)20-7-4-6-19(8-9-20)12-14-11-13(2)23-18-14/h5,10-11H,3-4,6-9,12H2,1-2H3. The summed E-state index contributed by atoms with van der Waals surface area (Å²) in [5.74, 6) is 1.61. The van der Waals surface area contributed by atoms with Gasteiger partial charge >= 0.3 is 0 Å². The Hall–Kier alpha value is -1.86. The molecule has 0 saturated carbocycles. The van der Waals surface area contributed by atoms with Gasteiger partial charge in [-0.15, -0.1) is 11.3 Å². The summed E-state index contributed by atoms with van der Waals surface area (Å²) in [5.41, 5.74) is 0.948. The highest BCUT2D eigenvalue weighted by Crippen LogP contribution is 2.27. The highest BCUT2D eigenvalue weighted by molar-refractivity contribution is 7.12. The molecule has 6 nitrogen and oxygen atoms in total. The number of carbonyl (C=O) groups is 1. The molecule has 7 heteroatoms. The molecule has 130 valence electrons. The van der Waals surface area contributed by atoms with Crippen molar-refractivity contribution < 1.29 is 14.1 Å². The van der Waals surface area contributed by atoms with E-state index in [1.165, 1.54) is 11.3 Å². The first-order valence-electron chi connectivity index (χ1n) is 8.31. The van der Waals surface area contributed by atoms with Crippen LogP contribution in [0.5, 0.6) is 5.75 Å². The monoisotopic (exact) mass is 349 g/mol. The molecule has 2 aromatic rings. The zero-order valence-corrected chi connectivity index (χ0v) is 15.0. The summed E-state index contributed by atoms with van der Waals surface area (Å²) >= 11 is 1.45. The topological polar surface area (TPSA) is 58.8 Å². The first-order valence-corrected chi connectivity index (χ1v) is 9.19. The minimum atomic E-state index is 0.0765. The fraction of sp³-hybridized carbons (Fsp3) is 0.529. The van der Waals surface area contributed by atoms with E-state index in [1.807, 2.05) is 36.3 Å². The molecule has 1 amide bonds. The summed E-state index contributed by atoms with van der Waals surface area (Å²) in [7, 11) is 0. The molecule has 0 aliphatic carbocycles. The molecule has 0 aromatic carbocycles. The van der Waals surface area contributed by atoms with Gasteiger partial charge in [0.2, 0.25) is 0 Å². The lowest BCUT2D eigenvalue weighted by Crippen LogP contribution is -2.34. The fourth-order valence-corrected chi connectivity index (χ4v) is 3.72. The second kappa shape index (κ2) is 7.81. The Kier molecular flexibility index (Phi) is 5.52. The van der Waals surface area contributed by atoms with Gasteiger partial charge in [0.1, 0.15) is 16.4 Å². The highest BCUT2D eigenvalue weighted by atomic mass is 32.1. The minimum absolute atomic E-state index is 0.0765. The maximum atomic E-state index is 12.8. The van der Waals surface area contributed by atoms with Gasteiger partial charge < -0.3 is 14.2 Å². The number of thiophene rings is 1. The van der Waals surface area contributed by atoms with Crippen LogP contribution in [0.2, 0.25) is 0 Å². The molecule has 0 N–H and O–H groups in total. The van der Waals surface area contributed by atoms with E-state index in [-0.39, 0.29) is 5.91 Å². The van der Waals surface area contributed by atoms with E-state index in [9.17, 15) is 4.79 Å². The summed E-state index contributed by atoms with van der Waals surface area (Å²) < 4.78 is 10.7. The number of amides is 1. The van der Waals surface area contributed by atoms with Gasteiger partial charge in [-0.1, -0.05) is 5.16 Å². The Balaban J connectivity index is 1.60.